The number of aromatic amines is 2. The Morgan fingerprint density at radius 1 is 1.23 bits per heavy atom. The second-order valence-electron chi connectivity index (χ2n) is 4.20. The molecule has 0 aliphatic carbocycles. The van der Waals surface area contributed by atoms with E-state index in [0.717, 1.165) is 5.56 Å². The molecule has 3 N–H and O–H groups in total. The number of benzene rings is 1. The van der Waals surface area contributed by atoms with Gasteiger partial charge in [0.15, 0.2) is 0 Å². The number of aromatic nitrogens is 2. The zero-order chi connectivity index (χ0) is 15.8. The maximum atomic E-state index is 11.4. The summed E-state index contributed by atoms with van der Waals surface area (Å²) in [4.78, 5) is 37.9. The summed E-state index contributed by atoms with van der Waals surface area (Å²) < 4.78 is 4.99. The topological polar surface area (TPSA) is 104 Å². The molecule has 0 atom stereocenters. The Labute approximate surface area is 125 Å². The fraction of sp³-hybridized carbons (Fsp3) is 0.133. The van der Waals surface area contributed by atoms with Gasteiger partial charge in [-0.1, -0.05) is 42.2 Å². The molecule has 7 nitrogen and oxygen atoms in total. The first-order valence-electron chi connectivity index (χ1n) is 6.40. The number of amides is 1. The van der Waals surface area contributed by atoms with Crippen molar-refractivity contribution in [3.8, 4) is 11.8 Å². The molecule has 1 aromatic carbocycles. The molecular weight excluding hydrogens is 286 g/mol. The van der Waals surface area contributed by atoms with Crippen LogP contribution in [0.15, 0.2) is 46.1 Å². The summed E-state index contributed by atoms with van der Waals surface area (Å²) in [5.74, 6) is 5.12. The van der Waals surface area contributed by atoms with E-state index in [1.54, 1.807) is 0 Å². The number of rotatable bonds is 3. The summed E-state index contributed by atoms with van der Waals surface area (Å²) in [6, 6.07) is 9.26. The van der Waals surface area contributed by atoms with Crippen LogP contribution in [-0.4, -0.2) is 22.6 Å². The lowest BCUT2D eigenvalue weighted by molar-refractivity contribution is 0.141. The number of ether oxygens (including phenoxy) is 1. The summed E-state index contributed by atoms with van der Waals surface area (Å²) in [5.41, 5.74) is -0.191. The first kappa shape index (κ1) is 15.1. The molecule has 2 rings (SSSR count). The van der Waals surface area contributed by atoms with E-state index < -0.39 is 17.3 Å². The van der Waals surface area contributed by atoms with Crippen LogP contribution in [0.3, 0.4) is 0 Å². The lowest BCUT2D eigenvalue weighted by atomic mass is 10.2. The highest BCUT2D eigenvalue weighted by atomic mass is 16.5. The van der Waals surface area contributed by atoms with E-state index in [1.165, 1.54) is 6.20 Å². The highest BCUT2D eigenvalue weighted by molar-refractivity contribution is 5.67. The van der Waals surface area contributed by atoms with Gasteiger partial charge in [0.2, 0.25) is 0 Å². The van der Waals surface area contributed by atoms with Gasteiger partial charge in [-0.3, -0.25) is 9.78 Å². The Kier molecular flexibility index (Phi) is 5.15. The number of hydrogen-bond acceptors (Lipinski definition) is 4. The van der Waals surface area contributed by atoms with Gasteiger partial charge in [0.05, 0.1) is 6.54 Å². The summed E-state index contributed by atoms with van der Waals surface area (Å²) in [6.07, 6.45) is 0.607. The van der Waals surface area contributed by atoms with Crippen molar-refractivity contribution in [2.24, 2.45) is 0 Å². The van der Waals surface area contributed by atoms with E-state index in [0.29, 0.717) is 0 Å². The molecule has 1 amide bonds. The average molecular weight is 299 g/mol. The van der Waals surface area contributed by atoms with Crippen LogP contribution in [0, 0.1) is 11.8 Å². The van der Waals surface area contributed by atoms with Crippen LogP contribution in [0.1, 0.15) is 11.1 Å². The zero-order valence-electron chi connectivity index (χ0n) is 11.5. The molecule has 0 aliphatic heterocycles. The van der Waals surface area contributed by atoms with Crippen LogP contribution in [0.25, 0.3) is 0 Å². The summed E-state index contributed by atoms with van der Waals surface area (Å²) in [7, 11) is 0. The molecule has 1 aromatic heterocycles. The maximum Gasteiger partial charge on any atom is 0.408 e. The molecule has 0 fully saturated rings. The molecule has 1 heterocycles. The van der Waals surface area contributed by atoms with Gasteiger partial charge < -0.3 is 15.0 Å². The van der Waals surface area contributed by atoms with Gasteiger partial charge in [-0.05, 0) is 5.56 Å². The molecule has 2 aromatic rings. The van der Waals surface area contributed by atoms with Crippen LogP contribution in [0.2, 0.25) is 0 Å². The van der Waals surface area contributed by atoms with Gasteiger partial charge in [-0.2, -0.15) is 0 Å². The number of carbonyl (C=O) groups excluding carboxylic acids is 1. The van der Waals surface area contributed by atoms with Gasteiger partial charge in [0, 0.05) is 6.20 Å². The van der Waals surface area contributed by atoms with Crippen molar-refractivity contribution in [3.63, 3.8) is 0 Å². The largest absolute Gasteiger partial charge is 0.445 e. The Morgan fingerprint density at radius 3 is 2.73 bits per heavy atom. The van der Waals surface area contributed by atoms with Crippen molar-refractivity contribution in [1.29, 1.82) is 0 Å². The van der Waals surface area contributed by atoms with Crippen molar-refractivity contribution in [3.05, 3.63) is 68.5 Å². The van der Waals surface area contributed by atoms with Crippen molar-refractivity contribution in [1.82, 2.24) is 15.3 Å². The van der Waals surface area contributed by atoms with Gasteiger partial charge in [0.25, 0.3) is 5.56 Å². The minimum atomic E-state index is -0.603. The first-order chi connectivity index (χ1) is 10.6. The SMILES string of the molecule is O=C(NCC#Cc1c[nH]c(=O)[nH]c1=O)OCc1ccccc1. The van der Waals surface area contributed by atoms with E-state index in [2.05, 4.69) is 22.1 Å². The molecule has 0 bridgehead atoms. The van der Waals surface area contributed by atoms with Gasteiger partial charge in [0.1, 0.15) is 12.2 Å². The van der Waals surface area contributed by atoms with E-state index in [-0.39, 0.29) is 18.7 Å². The van der Waals surface area contributed by atoms with Crippen LogP contribution in [-0.2, 0) is 11.3 Å². The highest BCUT2D eigenvalue weighted by Gasteiger charge is 2.00. The fourth-order valence-corrected chi connectivity index (χ4v) is 1.53. The zero-order valence-corrected chi connectivity index (χ0v) is 11.5. The fourth-order valence-electron chi connectivity index (χ4n) is 1.53. The number of carbonyl (C=O) groups is 1. The molecule has 0 saturated carbocycles. The number of nitrogens with one attached hydrogen (secondary N) is 3. The molecule has 0 saturated heterocycles. The maximum absolute atomic E-state index is 11.4. The Bertz CT molecular complexity index is 812. The Balaban J connectivity index is 1.79. The normalized spacial score (nSPS) is 9.45. The molecule has 0 radical (unpaired) electrons. The minimum Gasteiger partial charge on any atom is -0.445 e. The van der Waals surface area contributed by atoms with Crippen molar-refractivity contribution < 1.29 is 9.53 Å². The van der Waals surface area contributed by atoms with Crippen LogP contribution in [0.5, 0.6) is 0 Å². The third-order valence-corrected chi connectivity index (χ3v) is 2.58. The summed E-state index contributed by atoms with van der Waals surface area (Å²) >= 11 is 0. The van der Waals surface area contributed by atoms with Crippen LogP contribution < -0.4 is 16.6 Å². The molecule has 0 spiro atoms. The lowest BCUT2D eigenvalue weighted by Gasteiger charge is -2.04. The smallest absolute Gasteiger partial charge is 0.408 e. The average Bonchev–Trinajstić information content (AvgIpc) is 2.52. The number of alkyl carbamates (subject to hydrolysis) is 1. The van der Waals surface area contributed by atoms with Gasteiger partial charge in [-0.15, -0.1) is 0 Å². The predicted molar refractivity (Wildman–Crippen MR) is 79.2 cm³/mol. The summed E-state index contributed by atoms with van der Waals surface area (Å²) in [6.45, 7) is 0.186. The molecule has 0 aliphatic rings. The van der Waals surface area contributed by atoms with E-state index >= 15 is 0 Å². The number of H-pyrrole nitrogens is 2. The quantitative estimate of drug-likeness (QED) is 0.711. The third-order valence-electron chi connectivity index (χ3n) is 2.58. The third kappa shape index (κ3) is 4.68. The Hall–Kier alpha value is -3.27. The molecule has 7 heteroatoms. The molecule has 22 heavy (non-hydrogen) atoms. The van der Waals surface area contributed by atoms with Gasteiger partial charge in [-0.25, -0.2) is 9.59 Å². The molecule has 112 valence electrons. The van der Waals surface area contributed by atoms with Gasteiger partial charge >= 0.3 is 11.8 Å². The number of hydrogen-bond donors (Lipinski definition) is 3. The van der Waals surface area contributed by atoms with E-state index in [9.17, 15) is 14.4 Å². The summed E-state index contributed by atoms with van der Waals surface area (Å²) in [5, 5.41) is 2.44. The van der Waals surface area contributed by atoms with E-state index in [4.69, 9.17) is 4.74 Å². The van der Waals surface area contributed by atoms with Crippen molar-refractivity contribution in [2.75, 3.05) is 6.54 Å². The second kappa shape index (κ2) is 7.50. The Morgan fingerprint density at radius 2 is 2.00 bits per heavy atom. The minimum absolute atomic E-state index is 0.0200. The first-order valence-corrected chi connectivity index (χ1v) is 6.40. The van der Waals surface area contributed by atoms with Crippen LogP contribution in [0.4, 0.5) is 4.79 Å². The van der Waals surface area contributed by atoms with E-state index in [1.807, 2.05) is 35.3 Å². The monoisotopic (exact) mass is 299 g/mol. The molecular formula is C15H13N3O4. The van der Waals surface area contributed by atoms with Crippen LogP contribution >= 0.6 is 0 Å². The van der Waals surface area contributed by atoms with Crippen molar-refractivity contribution >= 4 is 6.09 Å². The lowest BCUT2D eigenvalue weighted by Crippen LogP contribution is -2.25. The van der Waals surface area contributed by atoms with Crippen molar-refractivity contribution in [2.45, 2.75) is 6.61 Å². The predicted octanol–water partition coefficient (Wildman–Crippen LogP) is 0.341. The molecule has 0 unspecified atom stereocenters. The second-order valence-corrected chi connectivity index (χ2v) is 4.20. The standard InChI is InChI=1S/C15H13N3O4/c19-13-12(9-17-14(20)18-13)7-4-8-16-15(21)22-10-11-5-2-1-3-6-11/h1-3,5-6,9H,8,10H2,(H,16,21)(H2,17,18,19,20). The highest BCUT2D eigenvalue weighted by Crippen LogP contribution is 2.00.